The van der Waals surface area contributed by atoms with E-state index < -0.39 is 16.1 Å². The summed E-state index contributed by atoms with van der Waals surface area (Å²) in [5.74, 6) is 1.96. The number of hydrogen-bond acceptors (Lipinski definition) is 3. The van der Waals surface area contributed by atoms with Crippen molar-refractivity contribution in [3.8, 4) is 51.0 Å². The molecule has 0 saturated carbocycles. The number of nitrogens with zero attached hydrogens (tertiary/aromatic N) is 4. The van der Waals surface area contributed by atoms with E-state index in [1.165, 1.54) is 49.1 Å². The van der Waals surface area contributed by atoms with E-state index in [-0.39, 0.29) is 0 Å². The molecule has 2 aliphatic heterocycles. The zero-order chi connectivity index (χ0) is 36.6. The first-order chi connectivity index (χ1) is 26.3. The molecular weight excluding hydrogens is 689 g/mol. The van der Waals surface area contributed by atoms with Crippen LogP contribution in [0.4, 0.5) is 0 Å². The van der Waals surface area contributed by atoms with Crippen LogP contribution in [-0.2, 0) is 6.42 Å². The fourth-order valence-electron chi connectivity index (χ4n) is 8.86. The second-order valence-corrected chi connectivity index (χ2v) is 24.4. The van der Waals surface area contributed by atoms with Gasteiger partial charge >= 0.3 is 0 Å². The van der Waals surface area contributed by atoms with E-state index in [9.17, 15) is 0 Å². The van der Waals surface area contributed by atoms with E-state index in [0.29, 0.717) is 17.6 Å². The minimum absolute atomic E-state index is 0.625. The molecule has 0 N–H and O–H groups in total. The quantitative estimate of drug-likeness (QED) is 0.171. The van der Waals surface area contributed by atoms with E-state index in [1.54, 1.807) is 10.4 Å². The minimum Gasteiger partial charge on any atom is -0.285 e. The maximum Gasteiger partial charge on any atom is 0.238 e. The van der Waals surface area contributed by atoms with Crippen LogP contribution in [0, 0.1) is 0 Å². The van der Waals surface area contributed by atoms with Gasteiger partial charge in [-0.05, 0) is 78.1 Å². The van der Waals surface area contributed by atoms with Gasteiger partial charge in [0.2, 0.25) is 5.95 Å². The molecule has 54 heavy (non-hydrogen) atoms. The van der Waals surface area contributed by atoms with Gasteiger partial charge in [-0.15, -0.1) is 0 Å². The van der Waals surface area contributed by atoms with Crippen LogP contribution in [0.3, 0.4) is 0 Å². The zero-order valence-corrected chi connectivity index (χ0v) is 33.0. The van der Waals surface area contributed by atoms with Crippen molar-refractivity contribution in [1.82, 2.24) is 19.5 Å². The Kier molecular flexibility index (Phi) is 7.44. The van der Waals surface area contributed by atoms with Crippen molar-refractivity contribution in [2.75, 3.05) is 0 Å². The standard InChI is InChI=1S/C31H24N4Si.C17H16Si/c1-36(2)27-16-10-9-15-24(27)25-20-26-23(19-28(25)36)17-18-35(26)31-33-29(21-11-5-3-6-12-21)32-30(34-31)22-13-7-4-8-14-22;1-18(2)16-9-4-3-8-14(16)15-10-12-6-5-7-13(12)11-17(15)18/h3-20H,1-2H3;3-5,7-11H,6H2,1-2H3. The lowest BCUT2D eigenvalue weighted by Crippen LogP contribution is -2.49. The minimum atomic E-state index is -1.73. The monoisotopic (exact) mass is 728 g/mol. The SMILES string of the molecule is C[Si]1(C)c2ccccc2-c2cc3c(cc21)C=CC3.C[Si]1(C)c2ccccc2-c2cc3c(ccn3-c3nc(-c4ccccc4)nc(-c4ccccc4)n3)cc21. The highest BCUT2D eigenvalue weighted by Crippen LogP contribution is 2.34. The average Bonchev–Trinajstić information content (AvgIpc) is 3.96. The topological polar surface area (TPSA) is 43.6 Å². The van der Waals surface area contributed by atoms with Crippen LogP contribution < -0.4 is 20.7 Å². The molecule has 4 nitrogen and oxygen atoms in total. The van der Waals surface area contributed by atoms with E-state index in [2.05, 4.69) is 128 Å². The van der Waals surface area contributed by atoms with Gasteiger partial charge in [0, 0.05) is 17.3 Å². The van der Waals surface area contributed by atoms with Gasteiger partial charge in [-0.25, -0.2) is 4.98 Å². The van der Waals surface area contributed by atoms with Gasteiger partial charge < -0.3 is 0 Å². The third kappa shape index (κ3) is 5.12. The summed E-state index contributed by atoms with van der Waals surface area (Å²) in [5, 5.41) is 7.45. The summed E-state index contributed by atoms with van der Waals surface area (Å²) >= 11 is 0. The largest absolute Gasteiger partial charge is 0.285 e. The Bertz CT molecular complexity index is 2740. The predicted molar refractivity (Wildman–Crippen MR) is 231 cm³/mol. The van der Waals surface area contributed by atoms with Crippen molar-refractivity contribution >= 4 is 53.9 Å². The van der Waals surface area contributed by atoms with Gasteiger partial charge in [0.1, 0.15) is 16.1 Å². The highest BCUT2D eigenvalue weighted by atomic mass is 28.3. The van der Waals surface area contributed by atoms with Gasteiger partial charge in [-0.3, -0.25) is 4.57 Å². The van der Waals surface area contributed by atoms with E-state index in [0.717, 1.165) is 23.1 Å². The lowest BCUT2D eigenvalue weighted by molar-refractivity contribution is 0.933. The van der Waals surface area contributed by atoms with Gasteiger partial charge in [0.25, 0.3) is 0 Å². The third-order valence-corrected chi connectivity index (χ3v) is 18.9. The molecule has 0 radical (unpaired) electrons. The van der Waals surface area contributed by atoms with Crippen molar-refractivity contribution < 1.29 is 0 Å². The first-order valence-electron chi connectivity index (χ1n) is 18.8. The molecule has 4 heterocycles. The molecule has 8 aromatic rings. The van der Waals surface area contributed by atoms with Gasteiger partial charge in [-0.1, -0.05) is 166 Å². The summed E-state index contributed by atoms with van der Waals surface area (Å²) in [5.41, 5.74) is 11.7. The lowest BCUT2D eigenvalue weighted by Gasteiger charge is -2.19. The Morgan fingerprint density at radius 1 is 0.500 bits per heavy atom. The molecule has 0 spiro atoms. The Morgan fingerprint density at radius 3 is 1.65 bits per heavy atom. The van der Waals surface area contributed by atoms with Gasteiger partial charge in [0.05, 0.1) is 5.52 Å². The Labute approximate surface area is 318 Å². The second-order valence-electron chi connectivity index (χ2n) is 15.7. The highest BCUT2D eigenvalue weighted by Gasteiger charge is 2.39. The molecule has 0 amide bonds. The molecule has 2 aromatic heterocycles. The zero-order valence-electron chi connectivity index (χ0n) is 31.0. The maximum absolute atomic E-state index is 4.94. The summed E-state index contributed by atoms with van der Waals surface area (Å²) in [6.07, 6.45) is 7.75. The molecule has 0 bridgehead atoms. The lowest BCUT2D eigenvalue weighted by atomic mass is 10.0. The highest BCUT2D eigenvalue weighted by molar-refractivity contribution is 7.04. The molecule has 260 valence electrons. The summed E-state index contributed by atoms with van der Waals surface area (Å²) in [6.45, 7) is 9.85. The molecule has 6 aromatic carbocycles. The van der Waals surface area contributed by atoms with E-state index in [1.807, 2.05) is 60.7 Å². The number of allylic oxidation sites excluding steroid dienone is 1. The Morgan fingerprint density at radius 2 is 1.04 bits per heavy atom. The van der Waals surface area contributed by atoms with Crippen molar-refractivity contribution in [2.24, 2.45) is 0 Å². The van der Waals surface area contributed by atoms with Crippen molar-refractivity contribution in [3.63, 3.8) is 0 Å². The maximum atomic E-state index is 4.94. The van der Waals surface area contributed by atoms with Crippen LogP contribution >= 0.6 is 0 Å². The fourth-order valence-corrected chi connectivity index (χ4v) is 15.0. The summed E-state index contributed by atoms with van der Waals surface area (Å²) < 4.78 is 2.10. The number of rotatable bonds is 3. The predicted octanol–water partition coefficient (Wildman–Crippen LogP) is 9.01. The molecule has 0 saturated heterocycles. The fraction of sp³-hybridized carbons (Fsp3) is 0.104. The van der Waals surface area contributed by atoms with E-state index >= 15 is 0 Å². The van der Waals surface area contributed by atoms with Crippen molar-refractivity contribution in [3.05, 3.63) is 163 Å². The van der Waals surface area contributed by atoms with Gasteiger partial charge in [-0.2, -0.15) is 9.97 Å². The smallest absolute Gasteiger partial charge is 0.238 e. The molecule has 0 unspecified atom stereocenters. The van der Waals surface area contributed by atoms with Crippen LogP contribution in [-0.4, -0.2) is 35.7 Å². The van der Waals surface area contributed by atoms with Crippen molar-refractivity contribution in [2.45, 2.75) is 32.6 Å². The molecule has 0 atom stereocenters. The first-order valence-corrected chi connectivity index (χ1v) is 24.8. The summed E-state index contributed by atoms with van der Waals surface area (Å²) in [6, 6.07) is 49.9. The van der Waals surface area contributed by atoms with Crippen LogP contribution in [0.25, 0.3) is 68.0 Å². The summed E-state index contributed by atoms with van der Waals surface area (Å²) in [4.78, 5) is 14.7. The third-order valence-electron chi connectivity index (χ3n) is 11.8. The Hall–Kier alpha value is -5.96. The first kappa shape index (κ1) is 32.7. The molecule has 1 aliphatic carbocycles. The number of fused-ring (bicyclic) bond motifs is 8. The molecule has 0 fully saturated rings. The number of hydrogen-bond donors (Lipinski definition) is 0. The summed E-state index contributed by atoms with van der Waals surface area (Å²) in [7, 11) is -3.18. The van der Waals surface area contributed by atoms with Crippen LogP contribution in [0.5, 0.6) is 0 Å². The second kappa shape index (κ2) is 12.3. The van der Waals surface area contributed by atoms with Crippen LogP contribution in [0.2, 0.25) is 26.2 Å². The van der Waals surface area contributed by atoms with Crippen LogP contribution in [0.15, 0.2) is 152 Å². The number of aromatic nitrogens is 4. The average molecular weight is 729 g/mol. The Balaban J connectivity index is 0.000000167. The van der Waals surface area contributed by atoms with E-state index in [4.69, 9.17) is 15.0 Å². The molecule has 6 heteroatoms. The van der Waals surface area contributed by atoms with Crippen molar-refractivity contribution in [1.29, 1.82) is 0 Å². The normalized spacial score (nSPS) is 14.8. The number of benzene rings is 6. The molecule has 11 rings (SSSR count). The van der Waals surface area contributed by atoms with Gasteiger partial charge in [0.15, 0.2) is 11.6 Å². The van der Waals surface area contributed by atoms with Crippen LogP contribution in [0.1, 0.15) is 11.1 Å². The molecule has 3 aliphatic rings. The molecular formula is C48H40N4Si2.